The fourth-order valence-corrected chi connectivity index (χ4v) is 9.99. The average Bonchev–Trinajstić information content (AvgIpc) is 3.84. The van der Waals surface area contributed by atoms with Crippen molar-refractivity contribution in [1.29, 1.82) is 0 Å². The van der Waals surface area contributed by atoms with E-state index in [1.54, 1.807) is 0 Å². The van der Waals surface area contributed by atoms with Crippen LogP contribution in [0, 0.1) is 0 Å². The lowest BCUT2D eigenvalue weighted by atomic mass is 9.93. The third-order valence-corrected chi connectivity index (χ3v) is 12.9. The van der Waals surface area contributed by atoms with Crippen LogP contribution in [0.5, 0.6) is 0 Å². The number of fused-ring (bicyclic) bond motifs is 6. The van der Waals surface area contributed by atoms with Gasteiger partial charge in [0.15, 0.2) is 5.82 Å². The second kappa shape index (κ2) is 13.5. The van der Waals surface area contributed by atoms with Gasteiger partial charge in [0.1, 0.15) is 0 Å². The van der Waals surface area contributed by atoms with Crippen LogP contribution in [0.3, 0.4) is 0 Å². The van der Waals surface area contributed by atoms with Crippen LogP contribution in [0.1, 0.15) is 0 Å². The maximum atomic E-state index is 5.31. The summed E-state index contributed by atoms with van der Waals surface area (Å²) in [5, 5.41) is 5.14. The first kappa shape index (κ1) is 32.6. The van der Waals surface area contributed by atoms with Crippen molar-refractivity contribution in [2.24, 2.45) is 0 Å². The van der Waals surface area contributed by atoms with Crippen molar-refractivity contribution < 1.29 is 0 Å². The number of nitrogens with zero attached hydrogens (tertiary/aromatic N) is 3. The highest BCUT2D eigenvalue weighted by atomic mass is 32.1. The number of rotatable bonds is 6. The van der Waals surface area contributed by atoms with Crippen LogP contribution in [0.2, 0.25) is 0 Å². The topological polar surface area (TPSA) is 38.7 Å². The highest BCUT2D eigenvalue weighted by molar-refractivity contribution is 7.26. The molecule has 0 fully saturated rings. The van der Waals surface area contributed by atoms with E-state index < -0.39 is 0 Å². The van der Waals surface area contributed by atoms with Crippen LogP contribution >= 0.6 is 22.7 Å². The molecule has 0 N–H and O–H groups in total. The van der Waals surface area contributed by atoms with Crippen molar-refractivity contribution in [2.45, 2.75) is 0 Å². The Balaban J connectivity index is 1.15. The Morgan fingerprint density at radius 3 is 1.45 bits per heavy atom. The minimum atomic E-state index is 0.679. The molecule has 11 aromatic rings. The van der Waals surface area contributed by atoms with E-state index >= 15 is 0 Å². The molecule has 3 nitrogen and oxygen atoms in total. The molecule has 7 aromatic carbocycles. The fourth-order valence-electron chi connectivity index (χ4n) is 7.82. The maximum absolute atomic E-state index is 5.31. The second-order valence-electron chi connectivity index (χ2n) is 14.0. The van der Waals surface area contributed by atoms with Crippen molar-refractivity contribution in [3.63, 3.8) is 0 Å². The lowest BCUT2D eigenvalue weighted by molar-refractivity contribution is 1.18. The molecule has 5 heteroatoms. The Morgan fingerprint density at radius 1 is 0.304 bits per heavy atom. The Bertz CT molecular complexity index is 3120. The number of thiophene rings is 2. The van der Waals surface area contributed by atoms with E-state index in [0.29, 0.717) is 5.82 Å². The van der Waals surface area contributed by atoms with Gasteiger partial charge in [0.05, 0.1) is 17.1 Å². The van der Waals surface area contributed by atoms with Crippen molar-refractivity contribution in [3.8, 4) is 67.4 Å². The molecule has 0 aliphatic carbocycles. The highest BCUT2D eigenvalue weighted by Gasteiger charge is 2.17. The van der Waals surface area contributed by atoms with E-state index in [1.165, 1.54) is 51.5 Å². The van der Waals surface area contributed by atoms with Crippen LogP contribution in [-0.2, 0) is 0 Å². The molecule has 0 aliphatic heterocycles. The van der Waals surface area contributed by atoms with Gasteiger partial charge in [0.2, 0.25) is 0 Å². The Hall–Kier alpha value is -6.79. The molecule has 0 saturated carbocycles. The summed E-state index contributed by atoms with van der Waals surface area (Å²) in [4.78, 5) is 15.3. The molecular formula is C51H31N3S2. The largest absolute Gasteiger partial charge is 0.256 e. The van der Waals surface area contributed by atoms with E-state index in [2.05, 4.69) is 152 Å². The van der Waals surface area contributed by atoms with E-state index in [1.807, 2.05) is 59.2 Å². The van der Waals surface area contributed by atoms with E-state index in [0.717, 1.165) is 50.5 Å². The molecule has 262 valence electrons. The summed E-state index contributed by atoms with van der Waals surface area (Å²) in [5.74, 6) is 0.679. The van der Waals surface area contributed by atoms with E-state index in [4.69, 9.17) is 15.0 Å². The Morgan fingerprint density at radius 2 is 0.821 bits per heavy atom. The second-order valence-corrected chi connectivity index (χ2v) is 16.2. The quantitative estimate of drug-likeness (QED) is 0.170. The first-order valence-corrected chi connectivity index (χ1v) is 20.3. The molecule has 0 aliphatic rings. The fraction of sp³-hybridized carbons (Fsp3) is 0. The molecule has 0 spiro atoms. The normalized spacial score (nSPS) is 11.6. The van der Waals surface area contributed by atoms with Crippen molar-refractivity contribution in [3.05, 3.63) is 188 Å². The standard InChI is InChI=1S/C51H31N3S2/c1-2-12-32(13-3-1)51-53-45(31-46(54-51)39-15-5-4-14-38(39)44-18-10-11-25-52-44)37-27-35(33-21-23-49-42(29-33)40-16-6-8-19-47(40)55-49)26-36(28-37)34-22-24-50-43(30-34)41-17-7-9-20-48(41)56-50/h1-31H. The van der Waals surface area contributed by atoms with Crippen LogP contribution in [0.25, 0.3) is 108 Å². The predicted octanol–water partition coefficient (Wildman–Crippen LogP) is 14.6. The summed E-state index contributed by atoms with van der Waals surface area (Å²) in [6.07, 6.45) is 1.84. The molecular weight excluding hydrogens is 719 g/mol. The minimum absolute atomic E-state index is 0.679. The van der Waals surface area contributed by atoms with E-state index in [9.17, 15) is 0 Å². The first-order valence-electron chi connectivity index (χ1n) is 18.7. The van der Waals surface area contributed by atoms with Gasteiger partial charge < -0.3 is 0 Å². The molecule has 0 amide bonds. The predicted molar refractivity (Wildman–Crippen MR) is 238 cm³/mol. The lowest BCUT2D eigenvalue weighted by Gasteiger charge is -2.15. The number of aromatic nitrogens is 3. The number of hydrogen-bond acceptors (Lipinski definition) is 5. The van der Waals surface area contributed by atoms with Gasteiger partial charge in [-0.2, -0.15) is 0 Å². The van der Waals surface area contributed by atoms with Crippen molar-refractivity contribution in [1.82, 2.24) is 15.0 Å². The molecule has 4 heterocycles. The molecule has 0 atom stereocenters. The minimum Gasteiger partial charge on any atom is -0.256 e. The SMILES string of the molecule is c1ccc(-c2nc(-c3cc(-c4ccc5sc6ccccc6c5c4)cc(-c4ccc5sc6ccccc6c5c4)c3)cc(-c3ccccc3-c3ccccn3)n2)cc1. The van der Waals surface area contributed by atoms with Crippen LogP contribution in [0.15, 0.2) is 188 Å². The molecule has 0 bridgehead atoms. The summed E-state index contributed by atoms with van der Waals surface area (Å²) in [6.45, 7) is 0. The monoisotopic (exact) mass is 749 g/mol. The zero-order valence-electron chi connectivity index (χ0n) is 30.1. The maximum Gasteiger partial charge on any atom is 0.160 e. The number of pyridine rings is 1. The lowest BCUT2D eigenvalue weighted by Crippen LogP contribution is -1.98. The summed E-state index contributed by atoms with van der Waals surface area (Å²) < 4.78 is 5.19. The summed E-state index contributed by atoms with van der Waals surface area (Å²) in [7, 11) is 0. The van der Waals surface area contributed by atoms with Crippen molar-refractivity contribution >= 4 is 63.0 Å². The molecule has 56 heavy (non-hydrogen) atoms. The third-order valence-electron chi connectivity index (χ3n) is 10.6. The summed E-state index contributed by atoms with van der Waals surface area (Å²) in [6, 6.07) is 64.9. The molecule has 0 radical (unpaired) electrons. The van der Waals surface area contributed by atoms with E-state index in [-0.39, 0.29) is 0 Å². The molecule has 4 aromatic heterocycles. The number of benzene rings is 7. The van der Waals surface area contributed by atoms with Gasteiger partial charge in [-0.1, -0.05) is 109 Å². The van der Waals surface area contributed by atoms with Gasteiger partial charge in [-0.25, -0.2) is 9.97 Å². The average molecular weight is 750 g/mol. The molecule has 0 saturated heterocycles. The first-order chi connectivity index (χ1) is 27.7. The van der Waals surface area contributed by atoms with Crippen molar-refractivity contribution in [2.75, 3.05) is 0 Å². The third kappa shape index (κ3) is 5.77. The zero-order valence-corrected chi connectivity index (χ0v) is 31.7. The van der Waals surface area contributed by atoms with Crippen LogP contribution in [-0.4, -0.2) is 15.0 Å². The van der Waals surface area contributed by atoms with Gasteiger partial charge >= 0.3 is 0 Å². The molecule has 11 rings (SSSR count). The Kier molecular flexibility index (Phi) is 7.87. The number of hydrogen-bond donors (Lipinski definition) is 0. The van der Waals surface area contributed by atoms with Gasteiger partial charge in [0.25, 0.3) is 0 Å². The molecule has 0 unspecified atom stereocenters. The smallest absolute Gasteiger partial charge is 0.160 e. The van der Waals surface area contributed by atoms with Gasteiger partial charge in [-0.15, -0.1) is 22.7 Å². The zero-order chi connectivity index (χ0) is 37.0. The highest BCUT2D eigenvalue weighted by Crippen LogP contribution is 2.41. The van der Waals surface area contributed by atoms with Gasteiger partial charge in [-0.05, 0) is 95.1 Å². The summed E-state index contributed by atoms with van der Waals surface area (Å²) in [5.41, 5.74) is 11.3. The van der Waals surface area contributed by atoms with Crippen LogP contribution < -0.4 is 0 Å². The van der Waals surface area contributed by atoms with Gasteiger partial charge in [-0.3, -0.25) is 4.98 Å². The Labute approximate surface area is 331 Å². The van der Waals surface area contributed by atoms with Crippen LogP contribution in [0.4, 0.5) is 0 Å². The summed E-state index contributed by atoms with van der Waals surface area (Å²) >= 11 is 3.69. The van der Waals surface area contributed by atoms with Gasteiger partial charge in [0, 0.05) is 68.8 Å².